The van der Waals surface area contributed by atoms with Gasteiger partial charge in [0.2, 0.25) is 5.91 Å². The van der Waals surface area contributed by atoms with Gasteiger partial charge in [-0.2, -0.15) is 0 Å². The fourth-order valence-corrected chi connectivity index (χ4v) is 3.41. The van der Waals surface area contributed by atoms with Crippen molar-refractivity contribution in [1.82, 2.24) is 10.2 Å². The van der Waals surface area contributed by atoms with Crippen LogP contribution in [0, 0.1) is 11.7 Å². The number of hydrogen-bond acceptors (Lipinski definition) is 7. The van der Waals surface area contributed by atoms with Crippen molar-refractivity contribution in [2.75, 3.05) is 5.32 Å². The molecule has 168 valence electrons. The van der Waals surface area contributed by atoms with Gasteiger partial charge in [-0.15, -0.1) is 10.2 Å². The maximum absolute atomic E-state index is 13.0. The van der Waals surface area contributed by atoms with E-state index < -0.39 is 11.4 Å². The van der Waals surface area contributed by atoms with Crippen LogP contribution >= 0.6 is 11.8 Å². The van der Waals surface area contributed by atoms with E-state index in [1.807, 2.05) is 13.8 Å². The van der Waals surface area contributed by atoms with E-state index in [1.165, 1.54) is 24.3 Å². The number of rotatable bonds is 9. The molecular weight excluding hydrogens is 433 g/mol. The number of ether oxygens (including phenoxy) is 1. The number of carbonyl (C=O) groups excluding carboxylic acids is 2. The summed E-state index contributed by atoms with van der Waals surface area (Å²) in [5.41, 5.74) is 1.15. The highest BCUT2D eigenvalue weighted by atomic mass is 32.2. The molecule has 3 rings (SSSR count). The Morgan fingerprint density at radius 3 is 2.28 bits per heavy atom. The summed E-state index contributed by atoms with van der Waals surface area (Å²) in [7, 11) is 0. The number of halogens is 1. The molecule has 0 saturated heterocycles. The summed E-state index contributed by atoms with van der Waals surface area (Å²) < 4.78 is 24.3. The predicted molar refractivity (Wildman–Crippen MR) is 119 cm³/mol. The largest absolute Gasteiger partial charge is 0.481 e. The van der Waals surface area contributed by atoms with Crippen molar-refractivity contribution < 1.29 is 23.1 Å². The van der Waals surface area contributed by atoms with E-state index in [2.05, 4.69) is 15.5 Å². The van der Waals surface area contributed by atoms with Gasteiger partial charge in [0.05, 0.1) is 5.25 Å². The molecule has 0 radical (unpaired) electrons. The van der Waals surface area contributed by atoms with Crippen molar-refractivity contribution in [3.05, 3.63) is 65.8 Å². The third kappa shape index (κ3) is 6.16. The van der Waals surface area contributed by atoms with Crippen molar-refractivity contribution in [2.24, 2.45) is 5.92 Å². The Morgan fingerprint density at radius 2 is 1.66 bits per heavy atom. The molecule has 0 bridgehead atoms. The van der Waals surface area contributed by atoms with Gasteiger partial charge in [0.1, 0.15) is 11.6 Å². The third-order valence-corrected chi connectivity index (χ3v) is 5.44. The first-order valence-electron chi connectivity index (χ1n) is 10.1. The Kier molecular flexibility index (Phi) is 7.63. The van der Waals surface area contributed by atoms with Crippen LogP contribution in [0.1, 0.15) is 50.0 Å². The van der Waals surface area contributed by atoms with E-state index in [0.29, 0.717) is 17.0 Å². The number of ketones is 1. The zero-order chi connectivity index (χ0) is 23.3. The van der Waals surface area contributed by atoms with Gasteiger partial charge in [0.15, 0.2) is 11.9 Å². The summed E-state index contributed by atoms with van der Waals surface area (Å²) in [5.74, 6) is 0.0560. The fourth-order valence-electron chi connectivity index (χ4n) is 2.64. The minimum atomic E-state index is -0.540. The highest BCUT2D eigenvalue weighted by Gasteiger charge is 2.22. The molecule has 1 aromatic heterocycles. The topological polar surface area (TPSA) is 94.3 Å². The predicted octanol–water partition coefficient (Wildman–Crippen LogP) is 5.31. The van der Waals surface area contributed by atoms with Crippen LogP contribution in [-0.2, 0) is 4.79 Å². The summed E-state index contributed by atoms with van der Waals surface area (Å²) in [6, 6.07) is 12.4. The Bertz CT molecular complexity index is 1070. The summed E-state index contributed by atoms with van der Waals surface area (Å²) in [6.07, 6.45) is -0.540. The van der Waals surface area contributed by atoms with Gasteiger partial charge >= 0.3 is 0 Å². The molecular formula is C23H24FN3O4S. The molecule has 32 heavy (non-hydrogen) atoms. The van der Waals surface area contributed by atoms with Crippen LogP contribution in [0.25, 0.3) is 0 Å². The lowest BCUT2D eigenvalue weighted by Gasteiger charge is -2.11. The van der Waals surface area contributed by atoms with Crippen molar-refractivity contribution >= 4 is 29.1 Å². The molecule has 2 atom stereocenters. The molecule has 0 aliphatic rings. The van der Waals surface area contributed by atoms with Crippen molar-refractivity contribution in [1.29, 1.82) is 0 Å². The quantitative estimate of drug-likeness (QED) is 0.344. The fraction of sp³-hybridized carbons (Fsp3) is 0.304. The van der Waals surface area contributed by atoms with Crippen molar-refractivity contribution in [3.63, 3.8) is 0 Å². The van der Waals surface area contributed by atoms with Crippen LogP contribution < -0.4 is 10.1 Å². The number of aromatic nitrogens is 2. The zero-order valence-corrected chi connectivity index (χ0v) is 19.0. The Balaban J connectivity index is 1.58. The summed E-state index contributed by atoms with van der Waals surface area (Å²) in [4.78, 5) is 24.5. The first-order chi connectivity index (χ1) is 15.2. The SMILES string of the molecule is CC(C)C(=O)Nc1ccc(C(=O)[C@@H](C)Sc2nnc([C@H](C)Oc3ccc(F)cc3)o2)cc1. The average molecular weight is 458 g/mol. The molecule has 3 aromatic rings. The molecule has 0 aliphatic carbocycles. The van der Waals surface area contributed by atoms with Gasteiger partial charge in [0.25, 0.3) is 11.1 Å². The Labute approximate surface area is 189 Å². The van der Waals surface area contributed by atoms with E-state index in [4.69, 9.17) is 9.15 Å². The van der Waals surface area contributed by atoms with Crippen LogP contribution in [0.4, 0.5) is 10.1 Å². The first-order valence-corrected chi connectivity index (χ1v) is 11.0. The molecule has 9 heteroatoms. The minimum Gasteiger partial charge on any atom is -0.481 e. The maximum atomic E-state index is 13.0. The van der Waals surface area contributed by atoms with Crippen LogP contribution in [0.2, 0.25) is 0 Å². The lowest BCUT2D eigenvalue weighted by molar-refractivity contribution is -0.118. The summed E-state index contributed by atoms with van der Waals surface area (Å²) >= 11 is 1.15. The number of nitrogens with one attached hydrogen (secondary N) is 1. The van der Waals surface area contributed by atoms with E-state index in [-0.39, 0.29) is 34.5 Å². The second kappa shape index (κ2) is 10.4. The van der Waals surface area contributed by atoms with Crippen molar-refractivity contribution in [3.8, 4) is 5.75 Å². The Hall–Kier alpha value is -3.20. The molecule has 0 fully saturated rings. The second-order valence-corrected chi connectivity index (χ2v) is 8.76. The molecule has 1 amide bonds. The number of anilines is 1. The number of Topliss-reactive ketones (excluding diaryl/α,β-unsaturated/α-hetero) is 1. The van der Waals surface area contributed by atoms with Crippen LogP contribution in [0.5, 0.6) is 5.75 Å². The lowest BCUT2D eigenvalue weighted by Crippen LogP contribution is -2.18. The number of amides is 1. The van der Waals surface area contributed by atoms with Crippen LogP contribution in [0.3, 0.4) is 0 Å². The molecule has 0 aliphatic heterocycles. The van der Waals surface area contributed by atoms with Gasteiger partial charge in [-0.1, -0.05) is 25.6 Å². The molecule has 7 nitrogen and oxygen atoms in total. The summed E-state index contributed by atoms with van der Waals surface area (Å²) in [5, 5.41) is 10.5. The molecule has 1 N–H and O–H groups in total. The van der Waals surface area contributed by atoms with E-state index >= 15 is 0 Å². The van der Waals surface area contributed by atoms with Gasteiger partial charge in [0, 0.05) is 17.2 Å². The summed E-state index contributed by atoms with van der Waals surface area (Å²) in [6.45, 7) is 7.11. The second-order valence-electron chi connectivity index (χ2n) is 7.47. The molecule has 0 unspecified atom stereocenters. The lowest BCUT2D eigenvalue weighted by atomic mass is 10.1. The van der Waals surface area contributed by atoms with Gasteiger partial charge < -0.3 is 14.5 Å². The van der Waals surface area contributed by atoms with Crippen LogP contribution in [-0.4, -0.2) is 27.1 Å². The molecule has 0 spiro atoms. The van der Waals surface area contributed by atoms with Gasteiger partial charge in [-0.25, -0.2) is 4.39 Å². The number of carbonyl (C=O) groups is 2. The first kappa shape index (κ1) is 23.5. The minimum absolute atomic E-state index is 0.0853. The number of hydrogen-bond donors (Lipinski definition) is 1. The molecule has 2 aromatic carbocycles. The Morgan fingerprint density at radius 1 is 1.00 bits per heavy atom. The molecule has 1 heterocycles. The highest BCUT2D eigenvalue weighted by Crippen LogP contribution is 2.28. The number of nitrogens with zero attached hydrogens (tertiary/aromatic N) is 2. The van der Waals surface area contributed by atoms with Gasteiger partial charge in [-0.3, -0.25) is 9.59 Å². The third-order valence-electron chi connectivity index (χ3n) is 4.50. The van der Waals surface area contributed by atoms with Crippen molar-refractivity contribution in [2.45, 2.75) is 44.3 Å². The average Bonchev–Trinajstić information content (AvgIpc) is 3.24. The molecule has 0 saturated carbocycles. The smallest absolute Gasteiger partial charge is 0.277 e. The highest BCUT2D eigenvalue weighted by molar-refractivity contribution is 8.00. The van der Waals surface area contributed by atoms with E-state index in [9.17, 15) is 14.0 Å². The zero-order valence-electron chi connectivity index (χ0n) is 18.2. The van der Waals surface area contributed by atoms with E-state index in [0.717, 1.165) is 11.8 Å². The maximum Gasteiger partial charge on any atom is 0.277 e. The monoisotopic (exact) mass is 457 g/mol. The van der Waals surface area contributed by atoms with E-state index in [1.54, 1.807) is 38.1 Å². The standard InChI is InChI=1S/C23H24FN3O4S/c1-13(2)21(29)25-18-9-5-16(6-10-18)20(28)15(4)32-23-27-26-22(31-23)14(3)30-19-11-7-17(24)8-12-19/h5-15H,1-4H3,(H,25,29)/t14-,15+/m0/s1. The van der Waals surface area contributed by atoms with Crippen LogP contribution in [0.15, 0.2) is 58.2 Å². The van der Waals surface area contributed by atoms with Gasteiger partial charge in [-0.05, 0) is 62.4 Å². The normalized spacial score (nSPS) is 12.9. The number of thioether (sulfide) groups is 1. The number of benzene rings is 2.